The average molecular weight is 439 g/mol. The third kappa shape index (κ3) is 3.85. The maximum Gasteiger partial charge on any atom is 0.232 e. The van der Waals surface area contributed by atoms with Gasteiger partial charge >= 0.3 is 0 Å². The predicted octanol–water partition coefficient (Wildman–Crippen LogP) is 6.09. The summed E-state index contributed by atoms with van der Waals surface area (Å²) in [6.45, 7) is 2.07. The molecular weight excluding hydrogens is 423 g/mol. The van der Waals surface area contributed by atoms with Crippen molar-refractivity contribution < 1.29 is 18.7 Å². The maximum atomic E-state index is 13.3. The molecule has 0 saturated heterocycles. The second kappa shape index (κ2) is 7.60. The van der Waals surface area contributed by atoms with Crippen molar-refractivity contribution in [2.45, 2.75) is 13.5 Å². The lowest BCUT2D eigenvalue weighted by atomic mass is 10.0. The summed E-state index contributed by atoms with van der Waals surface area (Å²) in [4.78, 5) is 12.7. The molecule has 0 radical (unpaired) electrons. The van der Waals surface area contributed by atoms with Crippen LogP contribution >= 0.6 is 15.9 Å². The fourth-order valence-electron chi connectivity index (χ4n) is 3.10. The van der Waals surface area contributed by atoms with Crippen LogP contribution in [0.25, 0.3) is 6.08 Å². The smallest absolute Gasteiger partial charge is 0.232 e. The number of rotatable bonds is 4. The van der Waals surface area contributed by atoms with E-state index >= 15 is 0 Å². The number of fused-ring (bicyclic) bond motifs is 1. The number of hydrogen-bond donors (Lipinski definition) is 0. The SMILES string of the molecule is Cc1cc(OCc2cccc(F)c2)cc2c1C(=O)/C(=C/c1cccc(Br)c1)O2. The lowest BCUT2D eigenvalue weighted by Crippen LogP contribution is -2.00. The van der Waals surface area contributed by atoms with Gasteiger partial charge in [-0.05, 0) is 60.0 Å². The van der Waals surface area contributed by atoms with Crippen LogP contribution in [-0.2, 0) is 6.61 Å². The van der Waals surface area contributed by atoms with Crippen LogP contribution in [0.4, 0.5) is 4.39 Å². The Kier molecular flexibility index (Phi) is 5.01. The molecule has 140 valence electrons. The minimum atomic E-state index is -0.303. The standard InChI is InChI=1S/C23H16BrFO3/c1-14-8-19(27-13-16-5-3-7-18(25)10-16)12-20-22(14)23(26)21(28-20)11-15-4-2-6-17(24)9-15/h2-12H,13H2,1H3/b21-11-. The molecule has 3 aromatic rings. The highest BCUT2D eigenvalue weighted by atomic mass is 79.9. The first-order chi connectivity index (χ1) is 13.5. The van der Waals surface area contributed by atoms with Gasteiger partial charge in [0.15, 0.2) is 5.76 Å². The van der Waals surface area contributed by atoms with Crippen molar-refractivity contribution in [1.82, 2.24) is 0 Å². The summed E-state index contributed by atoms with van der Waals surface area (Å²) in [6, 6.07) is 17.4. The molecule has 3 nitrogen and oxygen atoms in total. The second-order valence-corrected chi connectivity index (χ2v) is 7.44. The van der Waals surface area contributed by atoms with E-state index in [1.165, 1.54) is 12.1 Å². The first-order valence-electron chi connectivity index (χ1n) is 8.71. The molecule has 28 heavy (non-hydrogen) atoms. The Labute approximate surface area is 170 Å². The second-order valence-electron chi connectivity index (χ2n) is 6.53. The summed E-state index contributed by atoms with van der Waals surface area (Å²) in [5, 5.41) is 0. The minimum absolute atomic E-state index is 0.149. The van der Waals surface area contributed by atoms with Gasteiger partial charge in [-0.2, -0.15) is 0 Å². The Bertz CT molecular complexity index is 1100. The van der Waals surface area contributed by atoms with Crippen molar-refractivity contribution in [3.8, 4) is 11.5 Å². The zero-order valence-corrected chi connectivity index (χ0v) is 16.6. The van der Waals surface area contributed by atoms with Crippen LogP contribution in [0.5, 0.6) is 11.5 Å². The van der Waals surface area contributed by atoms with Crippen LogP contribution in [-0.4, -0.2) is 5.78 Å². The van der Waals surface area contributed by atoms with E-state index in [-0.39, 0.29) is 24.0 Å². The third-order valence-electron chi connectivity index (χ3n) is 4.38. The number of benzene rings is 3. The van der Waals surface area contributed by atoms with Crippen molar-refractivity contribution in [2.75, 3.05) is 0 Å². The number of ether oxygens (including phenoxy) is 2. The molecule has 0 N–H and O–H groups in total. The van der Waals surface area contributed by atoms with E-state index in [0.717, 1.165) is 21.2 Å². The minimum Gasteiger partial charge on any atom is -0.489 e. The first-order valence-corrected chi connectivity index (χ1v) is 9.50. The number of Topliss-reactive ketones (excluding diaryl/α,β-unsaturated/α-hetero) is 1. The summed E-state index contributed by atoms with van der Waals surface area (Å²) in [6.07, 6.45) is 1.72. The lowest BCUT2D eigenvalue weighted by Gasteiger charge is -2.09. The Morgan fingerprint density at radius 2 is 1.93 bits per heavy atom. The molecule has 1 aliphatic heterocycles. The summed E-state index contributed by atoms with van der Waals surface area (Å²) >= 11 is 3.42. The summed E-state index contributed by atoms with van der Waals surface area (Å²) in [7, 11) is 0. The van der Waals surface area contributed by atoms with Crippen LogP contribution in [0.3, 0.4) is 0 Å². The zero-order chi connectivity index (χ0) is 19.7. The van der Waals surface area contributed by atoms with E-state index in [9.17, 15) is 9.18 Å². The molecule has 0 atom stereocenters. The van der Waals surface area contributed by atoms with Gasteiger partial charge in [-0.15, -0.1) is 0 Å². The van der Waals surface area contributed by atoms with Crippen LogP contribution in [0.1, 0.15) is 27.0 Å². The van der Waals surface area contributed by atoms with E-state index in [0.29, 0.717) is 17.1 Å². The predicted molar refractivity (Wildman–Crippen MR) is 109 cm³/mol. The van der Waals surface area contributed by atoms with Crippen LogP contribution < -0.4 is 9.47 Å². The van der Waals surface area contributed by atoms with E-state index in [4.69, 9.17) is 9.47 Å². The molecule has 3 aromatic carbocycles. The van der Waals surface area contributed by atoms with E-state index in [2.05, 4.69) is 15.9 Å². The van der Waals surface area contributed by atoms with E-state index in [1.54, 1.807) is 30.3 Å². The van der Waals surface area contributed by atoms with Gasteiger partial charge in [-0.3, -0.25) is 4.79 Å². The van der Waals surface area contributed by atoms with Crippen molar-refractivity contribution in [2.24, 2.45) is 0 Å². The Hall–Kier alpha value is -2.92. The largest absolute Gasteiger partial charge is 0.489 e. The number of hydrogen-bond acceptors (Lipinski definition) is 3. The summed E-state index contributed by atoms with van der Waals surface area (Å²) in [5.74, 6) is 0.864. The van der Waals surface area contributed by atoms with Crippen molar-refractivity contribution in [3.63, 3.8) is 0 Å². The number of ketones is 1. The molecule has 0 amide bonds. The summed E-state index contributed by atoms with van der Waals surface area (Å²) in [5.41, 5.74) is 2.91. The maximum absolute atomic E-state index is 13.3. The van der Waals surface area contributed by atoms with Crippen LogP contribution in [0.2, 0.25) is 0 Å². The van der Waals surface area contributed by atoms with Gasteiger partial charge in [-0.25, -0.2) is 4.39 Å². The number of halogens is 2. The molecule has 0 aromatic heterocycles. The molecule has 1 aliphatic rings. The van der Waals surface area contributed by atoms with Crippen molar-refractivity contribution in [1.29, 1.82) is 0 Å². The Balaban J connectivity index is 1.57. The topological polar surface area (TPSA) is 35.5 Å². The lowest BCUT2D eigenvalue weighted by molar-refractivity contribution is 0.101. The van der Waals surface area contributed by atoms with Gasteiger partial charge in [0.2, 0.25) is 5.78 Å². The van der Waals surface area contributed by atoms with Gasteiger partial charge < -0.3 is 9.47 Å². The number of carbonyl (C=O) groups excluding carboxylic acids is 1. The molecule has 4 rings (SSSR count). The van der Waals surface area contributed by atoms with Gasteiger partial charge in [-0.1, -0.05) is 40.2 Å². The van der Waals surface area contributed by atoms with Gasteiger partial charge in [0.05, 0.1) is 5.56 Å². The molecular formula is C23H16BrFO3. The average Bonchev–Trinajstić information content (AvgIpc) is 2.96. The summed E-state index contributed by atoms with van der Waals surface area (Å²) < 4.78 is 25.8. The zero-order valence-electron chi connectivity index (χ0n) is 15.0. The fourth-order valence-corrected chi connectivity index (χ4v) is 3.52. The highest BCUT2D eigenvalue weighted by molar-refractivity contribution is 9.10. The highest BCUT2D eigenvalue weighted by Gasteiger charge is 2.30. The molecule has 5 heteroatoms. The van der Waals surface area contributed by atoms with Gasteiger partial charge in [0.25, 0.3) is 0 Å². The van der Waals surface area contributed by atoms with Crippen LogP contribution in [0.15, 0.2) is 70.9 Å². The Morgan fingerprint density at radius 1 is 1.11 bits per heavy atom. The molecule has 0 spiro atoms. The highest BCUT2D eigenvalue weighted by Crippen LogP contribution is 2.37. The molecule has 0 unspecified atom stereocenters. The molecule has 0 saturated carbocycles. The molecule has 0 aliphatic carbocycles. The quantitative estimate of drug-likeness (QED) is 0.462. The van der Waals surface area contributed by atoms with E-state index in [1.807, 2.05) is 31.2 Å². The van der Waals surface area contributed by atoms with Gasteiger partial charge in [0, 0.05) is 10.5 Å². The number of carbonyl (C=O) groups is 1. The number of aryl methyl sites for hydroxylation is 1. The van der Waals surface area contributed by atoms with E-state index < -0.39 is 0 Å². The number of allylic oxidation sites excluding steroid dienone is 1. The third-order valence-corrected chi connectivity index (χ3v) is 4.88. The molecule has 0 bridgehead atoms. The van der Waals surface area contributed by atoms with Crippen molar-refractivity contribution in [3.05, 3.63) is 99.0 Å². The molecule has 1 heterocycles. The van der Waals surface area contributed by atoms with Crippen molar-refractivity contribution >= 4 is 27.8 Å². The normalized spacial score (nSPS) is 14.1. The Morgan fingerprint density at radius 3 is 2.71 bits per heavy atom. The monoisotopic (exact) mass is 438 g/mol. The molecule has 0 fully saturated rings. The first kappa shape index (κ1) is 18.4. The van der Waals surface area contributed by atoms with Gasteiger partial charge in [0.1, 0.15) is 23.9 Å². The van der Waals surface area contributed by atoms with Crippen LogP contribution in [0, 0.1) is 12.7 Å². The fraction of sp³-hybridized carbons (Fsp3) is 0.0870.